The molecule has 1 fully saturated rings. The zero-order chi connectivity index (χ0) is 12.3. The van der Waals surface area contributed by atoms with Crippen LogP contribution >= 0.6 is 0 Å². The van der Waals surface area contributed by atoms with E-state index in [4.69, 9.17) is 4.74 Å². The van der Waals surface area contributed by atoms with Crippen molar-refractivity contribution >= 4 is 5.91 Å². The molecule has 0 unspecified atom stereocenters. The number of hydrogen-bond donors (Lipinski definition) is 2. The van der Waals surface area contributed by atoms with Crippen LogP contribution < -0.4 is 10.9 Å². The molecule has 92 valence electrons. The third kappa shape index (κ3) is 2.94. The first kappa shape index (κ1) is 11.9. The molecule has 1 aromatic heterocycles. The van der Waals surface area contributed by atoms with Crippen LogP contribution in [0.3, 0.4) is 0 Å². The number of pyridine rings is 1. The molecule has 2 N–H and O–H groups in total. The molecule has 0 aromatic carbocycles. The third-order valence-corrected chi connectivity index (χ3v) is 2.81. The average Bonchev–Trinajstić information content (AvgIpc) is 2.78. The van der Waals surface area contributed by atoms with Crippen molar-refractivity contribution in [2.45, 2.75) is 25.9 Å². The van der Waals surface area contributed by atoms with Crippen LogP contribution in [0.1, 0.15) is 28.9 Å². The molecule has 1 aliphatic heterocycles. The van der Waals surface area contributed by atoms with Crippen molar-refractivity contribution in [1.29, 1.82) is 0 Å². The fraction of sp³-hybridized carbons (Fsp3) is 0.500. The molecule has 0 aliphatic carbocycles. The number of aryl methyl sites for hydroxylation is 1. The summed E-state index contributed by atoms with van der Waals surface area (Å²) in [6.07, 6.45) is 2.08. The van der Waals surface area contributed by atoms with Gasteiger partial charge in [0.15, 0.2) is 0 Å². The molecule has 2 rings (SSSR count). The summed E-state index contributed by atoms with van der Waals surface area (Å²) < 4.78 is 5.39. The number of nitrogens with one attached hydrogen (secondary N) is 2. The van der Waals surface area contributed by atoms with Crippen LogP contribution in [0.2, 0.25) is 0 Å². The van der Waals surface area contributed by atoms with E-state index in [1.54, 1.807) is 19.1 Å². The Hall–Kier alpha value is -1.62. The number of aromatic nitrogens is 1. The Labute approximate surface area is 99.2 Å². The highest BCUT2D eigenvalue weighted by Crippen LogP contribution is 2.10. The number of amides is 1. The van der Waals surface area contributed by atoms with Crippen molar-refractivity contribution in [3.05, 3.63) is 33.7 Å². The second-order valence-corrected chi connectivity index (χ2v) is 4.23. The summed E-state index contributed by atoms with van der Waals surface area (Å²) in [5, 5.41) is 2.72. The Bertz CT molecular complexity index is 461. The van der Waals surface area contributed by atoms with Gasteiger partial charge in [-0.25, -0.2) is 0 Å². The van der Waals surface area contributed by atoms with Crippen LogP contribution in [0.4, 0.5) is 0 Å². The average molecular weight is 236 g/mol. The maximum absolute atomic E-state index is 11.7. The molecule has 17 heavy (non-hydrogen) atoms. The lowest BCUT2D eigenvalue weighted by molar-refractivity contribution is 0.0856. The topological polar surface area (TPSA) is 71.2 Å². The minimum absolute atomic E-state index is 0.0866. The van der Waals surface area contributed by atoms with Gasteiger partial charge in [-0.2, -0.15) is 0 Å². The molecule has 0 radical (unpaired) electrons. The molecule has 0 spiro atoms. The van der Waals surface area contributed by atoms with E-state index in [-0.39, 0.29) is 23.1 Å². The number of hydrogen-bond acceptors (Lipinski definition) is 3. The van der Waals surface area contributed by atoms with E-state index in [2.05, 4.69) is 10.3 Å². The first-order valence-electron chi connectivity index (χ1n) is 5.76. The standard InChI is InChI=1S/C12H16N2O3/c1-8-4-5-10(12(16)14-8)11(15)13-7-9-3-2-6-17-9/h4-5,9H,2-3,6-7H2,1H3,(H,13,15)(H,14,16)/t9-/m1/s1. The predicted octanol–water partition coefficient (Wildman–Crippen LogP) is 0.592. The maximum atomic E-state index is 11.7. The molecule has 1 atom stereocenters. The molecular weight excluding hydrogens is 220 g/mol. The fourth-order valence-corrected chi connectivity index (χ4v) is 1.86. The van der Waals surface area contributed by atoms with E-state index >= 15 is 0 Å². The van der Waals surface area contributed by atoms with Crippen LogP contribution in [-0.4, -0.2) is 30.1 Å². The molecular formula is C12H16N2O3. The Morgan fingerprint density at radius 3 is 3.06 bits per heavy atom. The fourth-order valence-electron chi connectivity index (χ4n) is 1.86. The molecule has 0 bridgehead atoms. The number of H-pyrrole nitrogens is 1. The lowest BCUT2D eigenvalue weighted by atomic mass is 10.2. The summed E-state index contributed by atoms with van der Waals surface area (Å²) in [4.78, 5) is 25.9. The van der Waals surface area contributed by atoms with Gasteiger partial charge in [-0.3, -0.25) is 9.59 Å². The first-order chi connectivity index (χ1) is 8.16. The van der Waals surface area contributed by atoms with Gasteiger partial charge in [0, 0.05) is 18.8 Å². The van der Waals surface area contributed by atoms with E-state index in [9.17, 15) is 9.59 Å². The highest BCUT2D eigenvalue weighted by Gasteiger charge is 2.17. The Balaban J connectivity index is 1.97. The van der Waals surface area contributed by atoms with Crippen molar-refractivity contribution < 1.29 is 9.53 Å². The van der Waals surface area contributed by atoms with E-state index < -0.39 is 0 Å². The van der Waals surface area contributed by atoms with Gasteiger partial charge in [-0.05, 0) is 31.9 Å². The molecule has 1 aliphatic rings. The van der Waals surface area contributed by atoms with Gasteiger partial charge in [0.25, 0.3) is 11.5 Å². The Morgan fingerprint density at radius 1 is 1.59 bits per heavy atom. The van der Waals surface area contributed by atoms with E-state index in [0.29, 0.717) is 6.54 Å². The summed E-state index contributed by atoms with van der Waals surface area (Å²) in [5.74, 6) is -0.346. The van der Waals surface area contributed by atoms with Gasteiger partial charge in [-0.15, -0.1) is 0 Å². The minimum atomic E-state index is -0.352. The quantitative estimate of drug-likeness (QED) is 0.807. The molecule has 2 heterocycles. The lowest BCUT2D eigenvalue weighted by Crippen LogP contribution is -2.35. The number of aromatic amines is 1. The van der Waals surface area contributed by atoms with Crippen LogP contribution in [0.15, 0.2) is 16.9 Å². The number of carbonyl (C=O) groups excluding carboxylic acids is 1. The Kier molecular flexibility index (Phi) is 3.58. The lowest BCUT2D eigenvalue weighted by Gasteiger charge is -2.10. The van der Waals surface area contributed by atoms with Crippen LogP contribution in [0, 0.1) is 6.92 Å². The number of ether oxygens (including phenoxy) is 1. The highest BCUT2D eigenvalue weighted by atomic mass is 16.5. The van der Waals surface area contributed by atoms with Gasteiger partial charge in [0.2, 0.25) is 0 Å². The third-order valence-electron chi connectivity index (χ3n) is 2.81. The van der Waals surface area contributed by atoms with Crippen LogP contribution in [0.5, 0.6) is 0 Å². The van der Waals surface area contributed by atoms with E-state index in [1.807, 2.05) is 0 Å². The van der Waals surface area contributed by atoms with Crippen molar-refractivity contribution in [2.24, 2.45) is 0 Å². The Morgan fingerprint density at radius 2 is 2.41 bits per heavy atom. The molecule has 0 saturated carbocycles. The maximum Gasteiger partial charge on any atom is 0.260 e. The van der Waals surface area contributed by atoms with Gasteiger partial charge in [0.05, 0.1) is 6.10 Å². The van der Waals surface area contributed by atoms with Crippen molar-refractivity contribution in [1.82, 2.24) is 10.3 Å². The largest absolute Gasteiger partial charge is 0.376 e. The molecule has 5 nitrogen and oxygen atoms in total. The number of rotatable bonds is 3. The van der Waals surface area contributed by atoms with Gasteiger partial charge >= 0.3 is 0 Å². The van der Waals surface area contributed by atoms with Gasteiger partial charge in [-0.1, -0.05) is 0 Å². The SMILES string of the molecule is Cc1ccc(C(=O)NC[C@H]2CCCO2)c(=O)[nH]1. The summed E-state index contributed by atoms with van der Waals surface area (Å²) in [5.41, 5.74) is 0.536. The first-order valence-corrected chi connectivity index (χ1v) is 5.76. The van der Waals surface area contributed by atoms with E-state index in [1.165, 1.54) is 0 Å². The van der Waals surface area contributed by atoms with Crippen LogP contribution in [-0.2, 0) is 4.74 Å². The zero-order valence-corrected chi connectivity index (χ0v) is 9.79. The molecule has 1 saturated heterocycles. The predicted molar refractivity (Wildman–Crippen MR) is 63.1 cm³/mol. The summed E-state index contributed by atoms with van der Waals surface area (Å²) in [7, 11) is 0. The number of carbonyl (C=O) groups is 1. The van der Waals surface area contributed by atoms with E-state index in [0.717, 1.165) is 25.1 Å². The van der Waals surface area contributed by atoms with Crippen molar-refractivity contribution in [3.8, 4) is 0 Å². The normalized spacial score (nSPS) is 19.2. The molecule has 1 aromatic rings. The summed E-state index contributed by atoms with van der Waals surface area (Å²) in [6, 6.07) is 3.25. The van der Waals surface area contributed by atoms with Crippen molar-refractivity contribution in [2.75, 3.05) is 13.2 Å². The zero-order valence-electron chi connectivity index (χ0n) is 9.79. The molecule has 5 heteroatoms. The van der Waals surface area contributed by atoms with Gasteiger partial charge in [0.1, 0.15) is 5.56 Å². The summed E-state index contributed by atoms with van der Waals surface area (Å²) >= 11 is 0. The van der Waals surface area contributed by atoms with Gasteiger partial charge < -0.3 is 15.0 Å². The second kappa shape index (κ2) is 5.14. The van der Waals surface area contributed by atoms with Crippen LogP contribution in [0.25, 0.3) is 0 Å². The second-order valence-electron chi connectivity index (χ2n) is 4.23. The molecule has 1 amide bonds. The minimum Gasteiger partial charge on any atom is -0.376 e. The summed E-state index contributed by atoms with van der Waals surface area (Å²) in [6.45, 7) is 2.99. The monoisotopic (exact) mass is 236 g/mol. The van der Waals surface area contributed by atoms with Crippen molar-refractivity contribution in [3.63, 3.8) is 0 Å². The highest BCUT2D eigenvalue weighted by molar-refractivity contribution is 5.93. The smallest absolute Gasteiger partial charge is 0.260 e.